The Morgan fingerprint density at radius 1 is 1.52 bits per heavy atom. The monoisotopic (exact) mass is 360 g/mol. The predicted molar refractivity (Wildman–Crippen MR) is 83.6 cm³/mol. The number of aliphatic carboxylic acids is 1. The van der Waals surface area contributed by atoms with Crippen LogP contribution in [0.1, 0.15) is 13.3 Å². The topological polar surface area (TPSA) is 104 Å². The third-order valence-corrected chi connectivity index (χ3v) is 5.90. The van der Waals surface area contributed by atoms with Crippen LogP contribution in [0.5, 0.6) is 0 Å². The van der Waals surface area contributed by atoms with E-state index in [9.17, 15) is 23.1 Å². The highest BCUT2D eigenvalue weighted by Gasteiger charge is 2.42. The molecule has 2 rings (SSSR count). The van der Waals surface area contributed by atoms with Gasteiger partial charge >= 0.3 is 5.97 Å². The molecular formula is C14H17ClN2O5S. The molecule has 0 radical (unpaired) electrons. The van der Waals surface area contributed by atoms with Gasteiger partial charge in [-0.1, -0.05) is 24.6 Å². The second kappa shape index (κ2) is 6.86. The number of carbonyl (C=O) groups excluding carboxylic acids is 1. The molecule has 1 saturated heterocycles. The fourth-order valence-electron chi connectivity index (χ4n) is 2.62. The summed E-state index contributed by atoms with van der Waals surface area (Å²) in [7, 11) is -4.03. The van der Waals surface area contributed by atoms with Crippen molar-refractivity contribution in [1.82, 2.24) is 9.62 Å². The number of halogens is 1. The van der Waals surface area contributed by atoms with E-state index in [1.165, 1.54) is 24.3 Å². The van der Waals surface area contributed by atoms with Crippen molar-refractivity contribution in [2.75, 3.05) is 13.1 Å². The van der Waals surface area contributed by atoms with Crippen LogP contribution in [0.2, 0.25) is 5.02 Å². The quantitative estimate of drug-likeness (QED) is 0.813. The zero-order chi connectivity index (χ0) is 17.2. The van der Waals surface area contributed by atoms with Crippen molar-refractivity contribution in [3.63, 3.8) is 0 Å². The van der Waals surface area contributed by atoms with Crippen LogP contribution in [0.4, 0.5) is 0 Å². The van der Waals surface area contributed by atoms with Gasteiger partial charge in [0.2, 0.25) is 15.9 Å². The zero-order valence-corrected chi connectivity index (χ0v) is 14.0. The summed E-state index contributed by atoms with van der Waals surface area (Å²) in [5.74, 6) is -2.48. The molecule has 2 N–H and O–H groups in total. The number of benzene rings is 1. The van der Waals surface area contributed by atoms with E-state index < -0.39 is 40.4 Å². The van der Waals surface area contributed by atoms with Crippen LogP contribution in [0.3, 0.4) is 0 Å². The maximum Gasteiger partial charge on any atom is 0.308 e. The van der Waals surface area contributed by atoms with Gasteiger partial charge in [0.25, 0.3) is 0 Å². The minimum absolute atomic E-state index is 0.0383. The van der Waals surface area contributed by atoms with Gasteiger partial charge in [0.05, 0.1) is 23.4 Å². The molecule has 1 aromatic carbocycles. The molecule has 1 fully saturated rings. The van der Waals surface area contributed by atoms with Crippen molar-refractivity contribution in [1.29, 1.82) is 0 Å². The number of carbonyl (C=O) groups is 2. The number of carboxylic acid groups (broad SMARTS) is 1. The Bertz CT molecular complexity index is 722. The van der Waals surface area contributed by atoms with Crippen molar-refractivity contribution in [3.05, 3.63) is 29.3 Å². The van der Waals surface area contributed by atoms with Crippen molar-refractivity contribution in [3.8, 4) is 0 Å². The molecule has 1 aromatic rings. The number of rotatable bonds is 5. The van der Waals surface area contributed by atoms with E-state index in [0.717, 1.165) is 4.31 Å². The molecule has 1 aliphatic rings. The van der Waals surface area contributed by atoms with E-state index in [2.05, 4.69) is 5.32 Å². The lowest BCUT2D eigenvalue weighted by Crippen LogP contribution is -2.59. The van der Waals surface area contributed by atoms with Gasteiger partial charge in [-0.3, -0.25) is 9.59 Å². The smallest absolute Gasteiger partial charge is 0.308 e. The Morgan fingerprint density at radius 3 is 2.78 bits per heavy atom. The van der Waals surface area contributed by atoms with E-state index in [1.807, 2.05) is 0 Å². The SMILES string of the molecule is CCC(C(=O)O)C1CNC(=O)CN1S(=O)(=O)c1cccc(Cl)c1. The largest absolute Gasteiger partial charge is 0.481 e. The second-order valence-electron chi connectivity index (χ2n) is 5.23. The first kappa shape index (κ1) is 17.7. The van der Waals surface area contributed by atoms with Gasteiger partial charge in [0.15, 0.2) is 0 Å². The summed E-state index contributed by atoms with van der Waals surface area (Å²) in [6.45, 7) is 1.21. The number of sulfonamides is 1. The van der Waals surface area contributed by atoms with E-state index in [1.54, 1.807) is 6.92 Å². The normalized spacial score (nSPS) is 20.8. The van der Waals surface area contributed by atoms with E-state index in [-0.39, 0.29) is 22.9 Å². The van der Waals surface area contributed by atoms with Crippen LogP contribution in [0.15, 0.2) is 29.2 Å². The second-order valence-corrected chi connectivity index (χ2v) is 7.56. The first-order valence-electron chi connectivity index (χ1n) is 7.04. The van der Waals surface area contributed by atoms with Crippen LogP contribution in [0.25, 0.3) is 0 Å². The highest BCUT2D eigenvalue weighted by atomic mass is 35.5. The van der Waals surface area contributed by atoms with Crippen LogP contribution in [-0.4, -0.2) is 48.8 Å². The fraction of sp³-hybridized carbons (Fsp3) is 0.429. The minimum Gasteiger partial charge on any atom is -0.481 e. The Hall–Kier alpha value is -1.64. The lowest BCUT2D eigenvalue weighted by Gasteiger charge is -2.37. The third kappa shape index (κ3) is 3.65. The number of carboxylic acids is 1. The Kier molecular flexibility index (Phi) is 5.28. The van der Waals surface area contributed by atoms with E-state index in [4.69, 9.17) is 11.6 Å². The number of hydrogen-bond donors (Lipinski definition) is 2. The summed E-state index contributed by atoms with van der Waals surface area (Å²) in [5, 5.41) is 12.1. The molecule has 0 bridgehead atoms. The summed E-state index contributed by atoms with van der Waals surface area (Å²) in [6.07, 6.45) is 0.247. The summed E-state index contributed by atoms with van der Waals surface area (Å²) >= 11 is 5.84. The van der Waals surface area contributed by atoms with Gasteiger partial charge in [-0.2, -0.15) is 4.31 Å². The van der Waals surface area contributed by atoms with Crippen molar-refractivity contribution in [2.24, 2.45) is 5.92 Å². The van der Waals surface area contributed by atoms with Crippen LogP contribution >= 0.6 is 11.6 Å². The average Bonchev–Trinajstić information content (AvgIpc) is 2.49. The molecule has 0 aromatic heterocycles. The molecule has 7 nitrogen and oxygen atoms in total. The number of amides is 1. The molecule has 1 amide bonds. The zero-order valence-electron chi connectivity index (χ0n) is 12.4. The number of nitrogens with one attached hydrogen (secondary N) is 1. The third-order valence-electron chi connectivity index (χ3n) is 3.80. The average molecular weight is 361 g/mol. The molecule has 23 heavy (non-hydrogen) atoms. The maximum atomic E-state index is 12.8. The minimum atomic E-state index is -4.03. The lowest BCUT2D eigenvalue weighted by molar-refractivity contribution is -0.145. The molecule has 126 valence electrons. The molecule has 2 unspecified atom stereocenters. The van der Waals surface area contributed by atoms with Crippen molar-refractivity contribution >= 4 is 33.5 Å². The van der Waals surface area contributed by atoms with E-state index in [0.29, 0.717) is 0 Å². The van der Waals surface area contributed by atoms with Gasteiger partial charge in [-0.05, 0) is 24.6 Å². The summed E-state index contributed by atoms with van der Waals surface area (Å²) in [5.41, 5.74) is 0. The summed E-state index contributed by atoms with van der Waals surface area (Å²) < 4.78 is 26.6. The summed E-state index contributed by atoms with van der Waals surface area (Å²) in [6, 6.07) is 4.82. The Balaban J connectivity index is 2.46. The molecule has 1 heterocycles. The van der Waals surface area contributed by atoms with Gasteiger partial charge in [0.1, 0.15) is 0 Å². The standard InChI is InChI=1S/C14H17ClN2O5S/c1-2-11(14(19)20)12-7-16-13(18)8-17(12)23(21,22)10-5-3-4-9(15)6-10/h3-6,11-12H,2,7-8H2,1H3,(H,16,18)(H,19,20). The number of nitrogens with zero attached hydrogens (tertiary/aromatic N) is 1. The van der Waals surface area contributed by atoms with Gasteiger partial charge < -0.3 is 10.4 Å². The Morgan fingerprint density at radius 2 is 2.22 bits per heavy atom. The molecule has 9 heteroatoms. The molecule has 0 spiro atoms. The van der Waals surface area contributed by atoms with E-state index >= 15 is 0 Å². The first-order chi connectivity index (χ1) is 10.8. The van der Waals surface area contributed by atoms with Crippen LogP contribution in [0, 0.1) is 5.92 Å². The van der Waals surface area contributed by atoms with Crippen LogP contribution in [-0.2, 0) is 19.6 Å². The highest BCUT2D eigenvalue weighted by Crippen LogP contribution is 2.26. The molecule has 0 aliphatic carbocycles. The summed E-state index contributed by atoms with van der Waals surface area (Å²) in [4.78, 5) is 23.0. The number of hydrogen-bond acceptors (Lipinski definition) is 4. The number of piperazine rings is 1. The highest BCUT2D eigenvalue weighted by molar-refractivity contribution is 7.89. The lowest BCUT2D eigenvalue weighted by atomic mass is 9.96. The fourth-order valence-corrected chi connectivity index (χ4v) is 4.53. The predicted octanol–water partition coefficient (Wildman–Crippen LogP) is 0.940. The molecule has 2 atom stereocenters. The van der Waals surface area contributed by atoms with Crippen molar-refractivity contribution < 1.29 is 23.1 Å². The van der Waals surface area contributed by atoms with Crippen LogP contribution < -0.4 is 5.32 Å². The van der Waals surface area contributed by atoms with Gasteiger partial charge in [0, 0.05) is 11.6 Å². The first-order valence-corrected chi connectivity index (χ1v) is 8.86. The maximum absolute atomic E-state index is 12.8. The van der Waals surface area contributed by atoms with Crippen molar-refractivity contribution in [2.45, 2.75) is 24.3 Å². The van der Waals surface area contributed by atoms with Gasteiger partial charge in [-0.15, -0.1) is 0 Å². The molecule has 1 aliphatic heterocycles. The molecule has 0 saturated carbocycles. The Labute approximate surface area is 139 Å². The van der Waals surface area contributed by atoms with Gasteiger partial charge in [-0.25, -0.2) is 8.42 Å². The molecular weight excluding hydrogens is 344 g/mol.